The molecule has 1 aromatic heterocycles. The van der Waals surface area contributed by atoms with Gasteiger partial charge < -0.3 is 0 Å². The highest BCUT2D eigenvalue weighted by Gasteiger charge is 1.86. The Morgan fingerprint density at radius 1 is 1.14 bits per heavy atom. The SMILES string of the molecule is CC.CC.CC#Cc1ccc(Cl)nc1. The van der Waals surface area contributed by atoms with Crippen molar-refractivity contribution in [3.8, 4) is 11.8 Å². The molecule has 0 aliphatic heterocycles. The summed E-state index contributed by atoms with van der Waals surface area (Å²) >= 11 is 5.55. The van der Waals surface area contributed by atoms with Crippen molar-refractivity contribution < 1.29 is 0 Å². The lowest BCUT2D eigenvalue weighted by molar-refractivity contribution is 1.31. The molecule has 0 fully saturated rings. The molecular weight excluding hydrogens is 194 g/mol. The number of nitrogens with zero attached hydrogens (tertiary/aromatic N) is 1. The van der Waals surface area contributed by atoms with E-state index in [1.54, 1.807) is 19.2 Å². The van der Waals surface area contributed by atoms with Crippen LogP contribution in [0.15, 0.2) is 18.3 Å². The van der Waals surface area contributed by atoms with Crippen LogP contribution in [0.1, 0.15) is 40.2 Å². The Kier molecular flexibility index (Phi) is 13.3. The van der Waals surface area contributed by atoms with Crippen LogP contribution in [0.2, 0.25) is 5.15 Å². The maximum Gasteiger partial charge on any atom is 0.129 e. The van der Waals surface area contributed by atoms with Crippen LogP contribution in [-0.2, 0) is 0 Å². The second-order valence-corrected chi connectivity index (χ2v) is 2.13. The van der Waals surface area contributed by atoms with Crippen LogP contribution >= 0.6 is 11.6 Å². The minimum Gasteiger partial charge on any atom is -0.243 e. The van der Waals surface area contributed by atoms with Gasteiger partial charge in [-0.25, -0.2) is 4.98 Å². The van der Waals surface area contributed by atoms with Crippen LogP contribution < -0.4 is 0 Å². The van der Waals surface area contributed by atoms with Gasteiger partial charge in [-0.2, -0.15) is 0 Å². The third-order valence-electron chi connectivity index (χ3n) is 0.997. The first-order chi connectivity index (χ1) is 6.83. The fourth-order valence-corrected chi connectivity index (χ4v) is 0.706. The molecule has 0 spiro atoms. The highest BCUT2D eigenvalue weighted by Crippen LogP contribution is 2.03. The van der Waals surface area contributed by atoms with Gasteiger partial charge in [-0.15, -0.1) is 5.92 Å². The van der Waals surface area contributed by atoms with E-state index >= 15 is 0 Å². The number of pyridine rings is 1. The van der Waals surface area contributed by atoms with Gasteiger partial charge in [0.15, 0.2) is 0 Å². The van der Waals surface area contributed by atoms with Crippen LogP contribution in [0.4, 0.5) is 0 Å². The van der Waals surface area contributed by atoms with Crippen molar-refractivity contribution in [2.45, 2.75) is 34.6 Å². The van der Waals surface area contributed by atoms with E-state index in [4.69, 9.17) is 11.6 Å². The molecular formula is C12H18ClN. The minimum absolute atomic E-state index is 0.502. The number of aromatic nitrogens is 1. The Bertz CT molecular complexity index is 267. The first kappa shape index (κ1) is 15.5. The predicted molar refractivity (Wildman–Crippen MR) is 64.5 cm³/mol. The lowest BCUT2D eigenvalue weighted by Crippen LogP contribution is -1.76. The highest BCUT2D eigenvalue weighted by molar-refractivity contribution is 6.29. The molecule has 1 aromatic rings. The smallest absolute Gasteiger partial charge is 0.129 e. The van der Waals surface area contributed by atoms with Gasteiger partial charge in [0.2, 0.25) is 0 Å². The van der Waals surface area contributed by atoms with Gasteiger partial charge in [0.1, 0.15) is 5.15 Å². The first-order valence-electron chi connectivity index (χ1n) is 4.87. The summed E-state index contributed by atoms with van der Waals surface area (Å²) in [6, 6.07) is 3.56. The van der Waals surface area contributed by atoms with Crippen molar-refractivity contribution in [1.29, 1.82) is 0 Å². The van der Waals surface area contributed by atoms with E-state index in [1.165, 1.54) is 0 Å². The molecule has 1 rings (SSSR count). The maximum atomic E-state index is 5.55. The van der Waals surface area contributed by atoms with Gasteiger partial charge in [0.05, 0.1) is 0 Å². The lowest BCUT2D eigenvalue weighted by atomic mass is 10.3. The number of hydrogen-bond acceptors (Lipinski definition) is 1. The van der Waals surface area contributed by atoms with E-state index in [9.17, 15) is 0 Å². The topological polar surface area (TPSA) is 12.9 Å². The lowest BCUT2D eigenvalue weighted by Gasteiger charge is -1.87. The summed E-state index contributed by atoms with van der Waals surface area (Å²) in [6.45, 7) is 9.79. The zero-order valence-electron chi connectivity index (χ0n) is 9.56. The van der Waals surface area contributed by atoms with Crippen molar-refractivity contribution >= 4 is 11.6 Å². The molecule has 1 heterocycles. The van der Waals surface area contributed by atoms with Gasteiger partial charge in [0.25, 0.3) is 0 Å². The van der Waals surface area contributed by atoms with Crippen molar-refractivity contribution in [2.75, 3.05) is 0 Å². The van der Waals surface area contributed by atoms with Gasteiger partial charge in [-0.3, -0.25) is 0 Å². The summed E-state index contributed by atoms with van der Waals surface area (Å²) in [5.41, 5.74) is 0.895. The van der Waals surface area contributed by atoms with E-state index in [0.717, 1.165) is 5.56 Å². The molecule has 0 radical (unpaired) electrons. The quantitative estimate of drug-likeness (QED) is 0.464. The molecule has 0 aliphatic carbocycles. The highest BCUT2D eigenvalue weighted by atomic mass is 35.5. The summed E-state index contributed by atoms with van der Waals surface area (Å²) in [7, 11) is 0. The molecule has 0 N–H and O–H groups in total. The van der Waals surface area contributed by atoms with Crippen molar-refractivity contribution in [1.82, 2.24) is 4.98 Å². The number of rotatable bonds is 0. The Hall–Kier alpha value is -1.00. The monoisotopic (exact) mass is 211 g/mol. The van der Waals surface area contributed by atoms with Crippen LogP contribution in [0.5, 0.6) is 0 Å². The standard InChI is InChI=1S/C8H6ClN.2C2H6/c1-2-3-7-4-5-8(9)10-6-7;2*1-2/h4-6H,1H3;2*1-2H3. The molecule has 0 aliphatic rings. The minimum atomic E-state index is 0.502. The van der Waals surface area contributed by atoms with Gasteiger partial charge in [0, 0.05) is 11.8 Å². The molecule has 2 heteroatoms. The van der Waals surface area contributed by atoms with E-state index in [1.807, 2.05) is 33.8 Å². The largest absolute Gasteiger partial charge is 0.243 e. The Morgan fingerprint density at radius 3 is 2.07 bits per heavy atom. The third kappa shape index (κ3) is 7.64. The van der Waals surface area contributed by atoms with Crippen LogP contribution in [0.25, 0.3) is 0 Å². The van der Waals surface area contributed by atoms with Crippen LogP contribution in [0, 0.1) is 11.8 Å². The third-order valence-corrected chi connectivity index (χ3v) is 1.22. The van der Waals surface area contributed by atoms with Crippen molar-refractivity contribution in [2.24, 2.45) is 0 Å². The summed E-state index contributed by atoms with van der Waals surface area (Å²) in [4.78, 5) is 3.86. The normalized spacial score (nSPS) is 6.71. The molecule has 0 amide bonds. The second kappa shape index (κ2) is 12.0. The van der Waals surface area contributed by atoms with E-state index in [-0.39, 0.29) is 0 Å². The van der Waals surface area contributed by atoms with E-state index in [0.29, 0.717) is 5.15 Å². The van der Waals surface area contributed by atoms with Crippen molar-refractivity contribution in [3.05, 3.63) is 29.0 Å². The van der Waals surface area contributed by atoms with Gasteiger partial charge in [-0.1, -0.05) is 45.2 Å². The Morgan fingerprint density at radius 2 is 1.71 bits per heavy atom. The fourth-order valence-electron chi connectivity index (χ4n) is 0.594. The molecule has 0 bridgehead atoms. The molecule has 0 aromatic carbocycles. The Balaban J connectivity index is 0. The molecule has 0 saturated carbocycles. The zero-order chi connectivity index (χ0) is 11.4. The number of halogens is 1. The predicted octanol–water partition coefficient (Wildman–Crippen LogP) is 4.16. The van der Waals surface area contributed by atoms with Gasteiger partial charge in [-0.05, 0) is 19.1 Å². The van der Waals surface area contributed by atoms with E-state index < -0.39 is 0 Å². The van der Waals surface area contributed by atoms with Crippen molar-refractivity contribution in [3.63, 3.8) is 0 Å². The number of hydrogen-bond donors (Lipinski definition) is 0. The molecule has 14 heavy (non-hydrogen) atoms. The molecule has 0 saturated heterocycles. The van der Waals surface area contributed by atoms with E-state index in [2.05, 4.69) is 16.8 Å². The average Bonchev–Trinajstić information content (AvgIpc) is 2.28. The first-order valence-corrected chi connectivity index (χ1v) is 5.25. The summed E-state index contributed by atoms with van der Waals surface area (Å²) in [5.74, 6) is 5.63. The van der Waals surface area contributed by atoms with Gasteiger partial charge >= 0.3 is 0 Å². The summed E-state index contributed by atoms with van der Waals surface area (Å²) in [5, 5.41) is 0.502. The Labute approximate surface area is 92.5 Å². The zero-order valence-corrected chi connectivity index (χ0v) is 10.3. The summed E-state index contributed by atoms with van der Waals surface area (Å²) < 4.78 is 0. The summed E-state index contributed by atoms with van der Waals surface area (Å²) in [6.07, 6.45) is 1.65. The van der Waals surface area contributed by atoms with Crippen LogP contribution in [-0.4, -0.2) is 4.98 Å². The second-order valence-electron chi connectivity index (χ2n) is 1.74. The molecule has 0 unspecified atom stereocenters. The molecule has 78 valence electrons. The average molecular weight is 212 g/mol. The maximum absolute atomic E-state index is 5.55. The van der Waals surface area contributed by atoms with Crippen LogP contribution in [0.3, 0.4) is 0 Å². The molecule has 0 atom stereocenters. The fraction of sp³-hybridized carbons (Fsp3) is 0.417. The molecule has 1 nitrogen and oxygen atoms in total.